The van der Waals surface area contributed by atoms with Crippen molar-refractivity contribution >= 4 is 29.2 Å². The monoisotopic (exact) mass is 423 g/mol. The normalized spacial score (nSPS) is 11.9. The third-order valence-corrected chi connectivity index (χ3v) is 4.54. The number of benzene rings is 1. The van der Waals surface area contributed by atoms with E-state index in [1.807, 2.05) is 0 Å². The van der Waals surface area contributed by atoms with Crippen LogP contribution in [0.4, 0.5) is 13.2 Å². The van der Waals surface area contributed by atoms with Crippen molar-refractivity contribution in [1.82, 2.24) is 14.7 Å². The van der Waals surface area contributed by atoms with E-state index < -0.39 is 18.7 Å². The highest BCUT2D eigenvalue weighted by Gasteiger charge is 2.29. The maximum absolute atomic E-state index is 12.4. The van der Waals surface area contributed by atoms with Crippen LogP contribution in [0.5, 0.6) is 5.88 Å². The van der Waals surface area contributed by atoms with Crippen LogP contribution in [0.1, 0.15) is 21.6 Å². The molecule has 0 N–H and O–H groups in total. The summed E-state index contributed by atoms with van der Waals surface area (Å²) in [4.78, 5) is 13.5. The fraction of sp³-hybridized carbons (Fsp3) is 0.412. The first-order chi connectivity index (χ1) is 12.5. The molecule has 10 heteroatoms. The van der Waals surface area contributed by atoms with Crippen LogP contribution in [0, 0.1) is 6.92 Å². The van der Waals surface area contributed by atoms with Crippen LogP contribution < -0.4 is 4.74 Å². The number of aromatic nitrogens is 2. The summed E-state index contributed by atoms with van der Waals surface area (Å²) in [6.07, 6.45) is -4.15. The number of likely N-dealkylation sites (N-methyl/N-ethyl adjacent to an activating group) is 1. The minimum atomic E-state index is -4.30. The molecular weight excluding hydrogens is 406 g/mol. The Balaban J connectivity index is 2.16. The number of rotatable bonds is 6. The molecule has 0 unspecified atom stereocenters. The zero-order valence-corrected chi connectivity index (χ0v) is 16.4. The van der Waals surface area contributed by atoms with Crippen LogP contribution in [0.15, 0.2) is 18.2 Å². The zero-order chi connectivity index (χ0) is 20.4. The average molecular weight is 424 g/mol. The van der Waals surface area contributed by atoms with Crippen LogP contribution in [0.25, 0.3) is 0 Å². The van der Waals surface area contributed by atoms with Gasteiger partial charge in [0.1, 0.15) is 0 Å². The molecule has 0 bridgehead atoms. The van der Waals surface area contributed by atoms with E-state index in [-0.39, 0.29) is 34.5 Å². The Morgan fingerprint density at radius 2 is 2.00 bits per heavy atom. The zero-order valence-electron chi connectivity index (χ0n) is 14.9. The minimum Gasteiger partial charge on any atom is -0.404 e. The van der Waals surface area contributed by atoms with Crippen molar-refractivity contribution in [2.24, 2.45) is 7.05 Å². The number of nitrogens with zero attached hydrogens (tertiary/aromatic N) is 3. The van der Waals surface area contributed by atoms with Gasteiger partial charge in [0.05, 0.1) is 22.8 Å². The molecule has 1 heterocycles. The lowest BCUT2D eigenvalue weighted by Crippen LogP contribution is -2.32. The highest BCUT2D eigenvalue weighted by Crippen LogP contribution is 2.30. The molecule has 1 aromatic heterocycles. The van der Waals surface area contributed by atoms with Gasteiger partial charge in [0, 0.05) is 24.7 Å². The van der Waals surface area contributed by atoms with E-state index in [1.54, 1.807) is 20.0 Å². The number of esters is 1. The Kier molecular flexibility index (Phi) is 6.77. The Labute approximate surface area is 164 Å². The van der Waals surface area contributed by atoms with Gasteiger partial charge in [0.2, 0.25) is 5.88 Å². The van der Waals surface area contributed by atoms with Crippen molar-refractivity contribution in [3.8, 4) is 5.88 Å². The first-order valence-corrected chi connectivity index (χ1v) is 8.68. The van der Waals surface area contributed by atoms with Gasteiger partial charge >= 0.3 is 12.1 Å². The SMILES string of the molecule is Cc1cc(OC(=O)c2ccc(Cl)c(CCN(C)CC(F)(F)F)c2Cl)n(C)n1. The number of aryl methyl sites for hydroxylation is 2. The van der Waals surface area contributed by atoms with E-state index in [0.29, 0.717) is 11.3 Å². The summed E-state index contributed by atoms with van der Waals surface area (Å²) in [7, 11) is 2.97. The van der Waals surface area contributed by atoms with Crippen molar-refractivity contribution in [2.75, 3.05) is 20.1 Å². The Morgan fingerprint density at radius 3 is 2.56 bits per heavy atom. The summed E-state index contributed by atoms with van der Waals surface area (Å²) in [5, 5.41) is 4.41. The second-order valence-corrected chi connectivity index (χ2v) is 6.91. The minimum absolute atomic E-state index is 0.0619. The number of hydrogen-bond acceptors (Lipinski definition) is 4. The van der Waals surface area contributed by atoms with Crippen molar-refractivity contribution in [1.29, 1.82) is 0 Å². The lowest BCUT2D eigenvalue weighted by Gasteiger charge is -2.19. The summed E-state index contributed by atoms with van der Waals surface area (Å²) in [5.74, 6) is -0.459. The third kappa shape index (κ3) is 5.85. The predicted molar refractivity (Wildman–Crippen MR) is 96.6 cm³/mol. The molecule has 27 heavy (non-hydrogen) atoms. The number of carbonyl (C=O) groups excluding carboxylic acids is 1. The Bertz CT molecular complexity index is 838. The van der Waals surface area contributed by atoms with Crippen molar-refractivity contribution < 1.29 is 22.7 Å². The van der Waals surface area contributed by atoms with Crippen LogP contribution in [0.2, 0.25) is 10.0 Å². The molecule has 148 valence electrons. The topological polar surface area (TPSA) is 47.4 Å². The number of ether oxygens (including phenoxy) is 1. The fourth-order valence-corrected chi connectivity index (χ4v) is 3.14. The molecule has 0 aliphatic carbocycles. The van der Waals surface area contributed by atoms with Gasteiger partial charge in [-0.25, -0.2) is 9.48 Å². The summed E-state index contributed by atoms with van der Waals surface area (Å²) in [6, 6.07) is 4.48. The summed E-state index contributed by atoms with van der Waals surface area (Å²) >= 11 is 12.4. The lowest BCUT2D eigenvalue weighted by atomic mass is 10.1. The smallest absolute Gasteiger partial charge is 0.401 e. The maximum atomic E-state index is 12.4. The van der Waals surface area contributed by atoms with Gasteiger partial charge in [0.15, 0.2) is 0 Å². The molecule has 0 spiro atoms. The van der Waals surface area contributed by atoms with Crippen molar-refractivity contribution in [2.45, 2.75) is 19.5 Å². The number of hydrogen-bond donors (Lipinski definition) is 0. The molecule has 2 rings (SSSR count). The number of carbonyl (C=O) groups is 1. The summed E-state index contributed by atoms with van der Waals surface area (Å²) < 4.78 is 44.0. The molecule has 1 aromatic carbocycles. The van der Waals surface area contributed by atoms with Crippen molar-refractivity contribution in [3.05, 3.63) is 45.1 Å². The highest BCUT2D eigenvalue weighted by atomic mass is 35.5. The van der Waals surface area contributed by atoms with Crippen LogP contribution in [0.3, 0.4) is 0 Å². The second kappa shape index (κ2) is 8.50. The van der Waals surface area contributed by atoms with Gasteiger partial charge in [0.25, 0.3) is 0 Å². The van der Waals surface area contributed by atoms with Gasteiger partial charge in [-0.05, 0) is 38.1 Å². The number of halogens is 5. The van der Waals surface area contributed by atoms with Gasteiger partial charge < -0.3 is 4.74 Å². The van der Waals surface area contributed by atoms with E-state index >= 15 is 0 Å². The molecule has 5 nitrogen and oxygen atoms in total. The Hall–Kier alpha value is -1.77. The third-order valence-electron chi connectivity index (χ3n) is 3.75. The van der Waals surface area contributed by atoms with Gasteiger partial charge in [-0.15, -0.1) is 0 Å². The molecule has 0 radical (unpaired) electrons. The molecule has 0 amide bonds. The van der Waals surface area contributed by atoms with E-state index in [0.717, 1.165) is 4.90 Å². The molecule has 0 aliphatic heterocycles. The van der Waals surface area contributed by atoms with E-state index in [1.165, 1.54) is 23.9 Å². The first-order valence-electron chi connectivity index (χ1n) is 7.93. The quantitative estimate of drug-likeness (QED) is 0.650. The summed E-state index contributed by atoms with van der Waals surface area (Å²) in [6.45, 7) is 0.768. The van der Waals surface area contributed by atoms with Crippen LogP contribution in [-0.2, 0) is 13.5 Å². The lowest BCUT2D eigenvalue weighted by molar-refractivity contribution is -0.142. The predicted octanol–water partition coefficient (Wildman–Crippen LogP) is 4.29. The maximum Gasteiger partial charge on any atom is 0.401 e. The van der Waals surface area contributed by atoms with E-state index in [9.17, 15) is 18.0 Å². The molecule has 2 aromatic rings. The number of alkyl halides is 3. The van der Waals surface area contributed by atoms with Crippen LogP contribution >= 0.6 is 23.2 Å². The average Bonchev–Trinajstić information content (AvgIpc) is 2.82. The van der Waals surface area contributed by atoms with E-state index in [2.05, 4.69) is 5.10 Å². The molecule has 0 saturated heterocycles. The summed E-state index contributed by atoms with van der Waals surface area (Å²) in [5.41, 5.74) is 1.15. The fourth-order valence-electron chi connectivity index (χ4n) is 2.50. The second-order valence-electron chi connectivity index (χ2n) is 6.13. The van der Waals surface area contributed by atoms with Gasteiger partial charge in [-0.1, -0.05) is 23.2 Å². The Morgan fingerprint density at radius 1 is 1.33 bits per heavy atom. The molecule has 0 saturated carbocycles. The molecule has 0 atom stereocenters. The highest BCUT2D eigenvalue weighted by molar-refractivity contribution is 6.38. The molecular formula is C17H18Cl2F3N3O2. The largest absolute Gasteiger partial charge is 0.404 e. The van der Waals surface area contributed by atoms with Crippen molar-refractivity contribution in [3.63, 3.8) is 0 Å². The van der Waals surface area contributed by atoms with Gasteiger partial charge in [-0.2, -0.15) is 18.3 Å². The van der Waals surface area contributed by atoms with E-state index in [4.69, 9.17) is 27.9 Å². The standard InChI is InChI=1S/C17H18Cl2F3N3O2/c1-10-8-14(25(3)23-10)27-16(26)12-4-5-13(18)11(15(12)19)6-7-24(2)9-17(20,21)22/h4-5,8H,6-7,9H2,1-3H3. The molecule has 0 fully saturated rings. The first kappa shape index (κ1) is 21.5. The van der Waals surface area contributed by atoms with Crippen LogP contribution in [-0.4, -0.2) is 47.0 Å². The van der Waals surface area contributed by atoms with Gasteiger partial charge in [-0.3, -0.25) is 4.90 Å². The molecule has 0 aliphatic rings.